The molecule has 0 amide bonds. The standard InChI is InChI=1S/C14H26.Sn.2H/c1-2-3-4-8-11-14-12-9-6-5-7-10-13-14;;;/h1-13H2;;;. The third-order valence-electron chi connectivity index (χ3n) is 4.83. The summed E-state index contributed by atoms with van der Waals surface area (Å²) in [6.07, 6.45) is 19.1. The molecule has 1 heterocycles. The van der Waals surface area contributed by atoms with E-state index in [0.29, 0.717) is 0 Å². The van der Waals surface area contributed by atoms with Gasteiger partial charge in [-0.25, -0.2) is 0 Å². The Morgan fingerprint density at radius 3 is 1.60 bits per heavy atom. The van der Waals surface area contributed by atoms with Gasteiger partial charge < -0.3 is 0 Å². The van der Waals surface area contributed by atoms with Crippen LogP contribution in [0.25, 0.3) is 0 Å². The number of hydrogen-bond donors (Lipinski definition) is 0. The van der Waals surface area contributed by atoms with E-state index in [-0.39, 0.29) is 0 Å². The van der Waals surface area contributed by atoms with E-state index in [2.05, 4.69) is 0 Å². The Morgan fingerprint density at radius 1 is 0.533 bits per heavy atom. The van der Waals surface area contributed by atoms with Crippen LogP contribution in [0.4, 0.5) is 0 Å². The van der Waals surface area contributed by atoms with Crippen molar-refractivity contribution in [2.45, 2.75) is 84.9 Å². The second-order valence-corrected chi connectivity index (χ2v) is 13.8. The first kappa shape index (κ1) is 12.3. The predicted octanol–water partition coefficient (Wildman–Crippen LogP) is 4.44. The first-order valence-electron chi connectivity index (χ1n) is 7.41. The van der Waals surface area contributed by atoms with Crippen LogP contribution in [-0.2, 0) is 0 Å². The van der Waals surface area contributed by atoms with Crippen molar-refractivity contribution >= 4 is 21.1 Å². The van der Waals surface area contributed by atoms with Crippen LogP contribution in [0.15, 0.2) is 0 Å². The van der Waals surface area contributed by atoms with Crippen molar-refractivity contribution in [2.75, 3.05) is 0 Å². The molecule has 88 valence electrons. The van der Waals surface area contributed by atoms with Crippen molar-refractivity contribution in [3.05, 3.63) is 0 Å². The Morgan fingerprint density at radius 2 is 1.00 bits per heavy atom. The van der Waals surface area contributed by atoms with E-state index in [4.69, 9.17) is 0 Å². The molecule has 1 saturated carbocycles. The molecular formula is C14H28Sn. The van der Waals surface area contributed by atoms with Crippen molar-refractivity contribution in [1.82, 2.24) is 0 Å². The normalized spacial score (nSPS) is 30.4. The molecule has 0 nitrogen and oxygen atoms in total. The van der Waals surface area contributed by atoms with Gasteiger partial charge in [-0.15, -0.1) is 0 Å². The molecule has 2 aliphatic rings. The molecule has 0 atom stereocenters. The second kappa shape index (κ2) is 6.51. The summed E-state index contributed by atoms with van der Waals surface area (Å²) in [4.78, 5) is 0. The molecular weight excluding hydrogens is 287 g/mol. The number of hydrogen-bond acceptors (Lipinski definition) is 0. The van der Waals surface area contributed by atoms with Crippen molar-refractivity contribution in [1.29, 1.82) is 0 Å². The monoisotopic (exact) mass is 316 g/mol. The van der Waals surface area contributed by atoms with Gasteiger partial charge in [0, 0.05) is 0 Å². The van der Waals surface area contributed by atoms with Gasteiger partial charge in [0.25, 0.3) is 0 Å². The summed E-state index contributed by atoms with van der Waals surface area (Å²) in [7, 11) is 0. The zero-order chi connectivity index (χ0) is 10.4. The fourth-order valence-corrected chi connectivity index (χ4v) is 12.0. The van der Waals surface area contributed by atoms with E-state index < -0.39 is 21.1 Å². The van der Waals surface area contributed by atoms with Crippen LogP contribution in [0.2, 0.25) is 7.87 Å². The van der Waals surface area contributed by atoms with E-state index >= 15 is 0 Å². The van der Waals surface area contributed by atoms with E-state index in [1.165, 1.54) is 6.42 Å². The van der Waals surface area contributed by atoms with Gasteiger partial charge in [0.15, 0.2) is 0 Å². The van der Waals surface area contributed by atoms with E-state index in [9.17, 15) is 0 Å². The maximum absolute atomic E-state index is 1.74. The molecule has 0 bridgehead atoms. The topological polar surface area (TPSA) is 0 Å². The third kappa shape index (κ3) is 3.94. The molecule has 1 aliphatic heterocycles. The Kier molecular flexibility index (Phi) is 5.32. The second-order valence-electron chi connectivity index (χ2n) is 6.04. The van der Waals surface area contributed by atoms with Crippen LogP contribution in [0.3, 0.4) is 0 Å². The van der Waals surface area contributed by atoms with Crippen LogP contribution < -0.4 is 0 Å². The molecule has 2 fully saturated rings. The van der Waals surface area contributed by atoms with Crippen LogP contribution in [-0.4, -0.2) is 21.1 Å². The molecule has 0 N–H and O–H groups in total. The van der Waals surface area contributed by atoms with Gasteiger partial charge in [-0.05, 0) is 0 Å². The molecule has 1 saturated heterocycles. The fourth-order valence-electron chi connectivity index (χ4n) is 3.81. The molecule has 1 aliphatic carbocycles. The zero-order valence-electron chi connectivity index (χ0n) is 10.4. The van der Waals surface area contributed by atoms with Crippen molar-refractivity contribution < 1.29 is 0 Å². The molecule has 0 unspecified atom stereocenters. The SMILES string of the molecule is C1CCC[C]2(CCC1)CCCCC[CH2][SnH2]2. The Balaban J connectivity index is 1.92. The minimum absolute atomic E-state index is 0.405. The summed E-state index contributed by atoms with van der Waals surface area (Å²) in [6.45, 7) is 0. The van der Waals surface area contributed by atoms with Crippen LogP contribution in [0.5, 0.6) is 0 Å². The Labute approximate surface area is 106 Å². The third-order valence-corrected chi connectivity index (χ3v) is 13.3. The van der Waals surface area contributed by atoms with Gasteiger partial charge in [0.2, 0.25) is 0 Å². The summed E-state index contributed by atoms with van der Waals surface area (Å²) < 4.78 is 2.75. The van der Waals surface area contributed by atoms with Gasteiger partial charge in [-0.2, -0.15) is 0 Å². The van der Waals surface area contributed by atoms with Crippen LogP contribution >= 0.6 is 0 Å². The zero-order valence-corrected chi connectivity index (χ0v) is 14.4. The fraction of sp³-hybridized carbons (Fsp3) is 1.00. The van der Waals surface area contributed by atoms with E-state index in [1.807, 2.05) is 0 Å². The van der Waals surface area contributed by atoms with Gasteiger partial charge in [-0.3, -0.25) is 0 Å². The number of rotatable bonds is 0. The van der Waals surface area contributed by atoms with Crippen molar-refractivity contribution in [3.8, 4) is 0 Å². The molecule has 1 heteroatoms. The predicted molar refractivity (Wildman–Crippen MR) is 71.4 cm³/mol. The average molecular weight is 315 g/mol. The molecule has 1 spiro atoms. The molecule has 0 radical (unpaired) electrons. The van der Waals surface area contributed by atoms with Crippen molar-refractivity contribution in [3.63, 3.8) is 0 Å². The van der Waals surface area contributed by atoms with Gasteiger partial charge in [0.1, 0.15) is 0 Å². The minimum atomic E-state index is -0.405. The molecule has 15 heavy (non-hydrogen) atoms. The summed E-state index contributed by atoms with van der Waals surface area (Å²) >= 11 is -0.405. The average Bonchev–Trinajstić information content (AvgIpc) is 2.15. The summed E-state index contributed by atoms with van der Waals surface area (Å²) in [5.74, 6) is 0. The first-order valence-corrected chi connectivity index (χ1v) is 12.3. The summed E-state index contributed by atoms with van der Waals surface area (Å²) in [5, 5.41) is 0. The summed E-state index contributed by atoms with van der Waals surface area (Å²) in [6, 6.07) is 0. The van der Waals surface area contributed by atoms with Gasteiger partial charge >= 0.3 is 106 Å². The van der Waals surface area contributed by atoms with Crippen LogP contribution in [0, 0.1) is 0 Å². The van der Waals surface area contributed by atoms with E-state index in [1.54, 1.807) is 75.1 Å². The summed E-state index contributed by atoms with van der Waals surface area (Å²) in [5.41, 5.74) is 0. The molecule has 2 rings (SSSR count). The Bertz CT molecular complexity index is 137. The van der Waals surface area contributed by atoms with Gasteiger partial charge in [-0.1, -0.05) is 0 Å². The van der Waals surface area contributed by atoms with Gasteiger partial charge in [0.05, 0.1) is 0 Å². The quantitative estimate of drug-likeness (QED) is 0.580. The van der Waals surface area contributed by atoms with Crippen LogP contribution in [0.1, 0.15) is 77.0 Å². The first-order chi connectivity index (χ1) is 7.41. The molecule has 0 aromatic heterocycles. The molecule has 0 aromatic rings. The van der Waals surface area contributed by atoms with E-state index in [0.717, 1.165) is 3.43 Å². The maximum atomic E-state index is 1.74. The molecule has 0 aromatic carbocycles. The van der Waals surface area contributed by atoms with Crippen molar-refractivity contribution in [2.24, 2.45) is 0 Å². The Hall–Kier alpha value is 0.799.